The summed E-state index contributed by atoms with van der Waals surface area (Å²) in [6.45, 7) is 8.09. The molecule has 4 nitrogen and oxygen atoms in total. The van der Waals surface area contributed by atoms with Crippen molar-refractivity contribution >= 4 is 21.6 Å². The van der Waals surface area contributed by atoms with Crippen molar-refractivity contribution in [2.75, 3.05) is 26.8 Å². The second-order valence-electron chi connectivity index (χ2n) is 5.84. The first-order valence-electron chi connectivity index (χ1n) is 7.96. The van der Waals surface area contributed by atoms with Gasteiger partial charge in [-0.25, -0.2) is 4.98 Å². The van der Waals surface area contributed by atoms with Crippen molar-refractivity contribution in [2.45, 2.75) is 39.3 Å². The Morgan fingerprint density at radius 1 is 1.36 bits per heavy atom. The number of benzene rings is 1. The number of fused-ring (bicyclic) bond motifs is 1. The normalized spacial score (nSPS) is 17.2. The van der Waals surface area contributed by atoms with Crippen LogP contribution in [0.2, 0.25) is 0 Å². The van der Waals surface area contributed by atoms with E-state index in [4.69, 9.17) is 9.47 Å². The Kier molecular flexibility index (Phi) is 4.96. The number of piperidine rings is 1. The van der Waals surface area contributed by atoms with Crippen molar-refractivity contribution in [3.63, 3.8) is 0 Å². The molecule has 0 amide bonds. The minimum atomic E-state index is 0.435. The number of methoxy groups -OCH3 is 1. The Balaban J connectivity index is 1.79. The summed E-state index contributed by atoms with van der Waals surface area (Å²) in [5, 5.41) is 0. The highest BCUT2D eigenvalue weighted by Crippen LogP contribution is 2.34. The number of aryl methyl sites for hydroxylation is 1. The molecule has 120 valence electrons. The molecular formula is C17H24N2O2S. The van der Waals surface area contributed by atoms with E-state index < -0.39 is 0 Å². The third-order valence-corrected chi connectivity index (χ3v) is 5.28. The summed E-state index contributed by atoms with van der Waals surface area (Å²) in [4.78, 5) is 7.01. The zero-order valence-electron chi connectivity index (χ0n) is 13.6. The molecule has 0 atom stereocenters. The lowest BCUT2D eigenvalue weighted by Crippen LogP contribution is -2.36. The van der Waals surface area contributed by atoms with E-state index in [1.807, 2.05) is 5.51 Å². The van der Waals surface area contributed by atoms with Gasteiger partial charge in [-0.3, -0.25) is 4.90 Å². The molecule has 1 aromatic carbocycles. The quantitative estimate of drug-likeness (QED) is 0.843. The van der Waals surface area contributed by atoms with E-state index in [0.29, 0.717) is 6.10 Å². The van der Waals surface area contributed by atoms with Crippen LogP contribution >= 0.6 is 11.3 Å². The maximum absolute atomic E-state index is 5.74. The van der Waals surface area contributed by atoms with Gasteiger partial charge in [0.2, 0.25) is 0 Å². The summed E-state index contributed by atoms with van der Waals surface area (Å²) in [6, 6.07) is 2.12. The van der Waals surface area contributed by atoms with Crippen LogP contribution in [-0.4, -0.2) is 42.8 Å². The zero-order valence-corrected chi connectivity index (χ0v) is 14.4. The van der Waals surface area contributed by atoms with Gasteiger partial charge in [0.1, 0.15) is 5.75 Å². The fourth-order valence-corrected chi connectivity index (χ4v) is 4.13. The van der Waals surface area contributed by atoms with Gasteiger partial charge in [0.25, 0.3) is 0 Å². The molecule has 2 heterocycles. The summed E-state index contributed by atoms with van der Waals surface area (Å²) >= 11 is 1.71. The molecule has 0 radical (unpaired) electrons. The van der Waals surface area contributed by atoms with Crippen LogP contribution in [0.3, 0.4) is 0 Å². The molecule has 1 aliphatic heterocycles. The third kappa shape index (κ3) is 3.12. The Morgan fingerprint density at radius 2 is 2.14 bits per heavy atom. The topological polar surface area (TPSA) is 34.6 Å². The van der Waals surface area contributed by atoms with Gasteiger partial charge in [0.05, 0.1) is 28.9 Å². The van der Waals surface area contributed by atoms with Crippen LogP contribution in [0.5, 0.6) is 5.75 Å². The van der Waals surface area contributed by atoms with Crippen LogP contribution in [0.25, 0.3) is 10.2 Å². The van der Waals surface area contributed by atoms with Crippen LogP contribution in [-0.2, 0) is 11.3 Å². The predicted molar refractivity (Wildman–Crippen MR) is 90.8 cm³/mol. The van der Waals surface area contributed by atoms with E-state index in [-0.39, 0.29) is 0 Å². The highest BCUT2D eigenvalue weighted by atomic mass is 32.1. The van der Waals surface area contributed by atoms with Gasteiger partial charge in [-0.05, 0) is 38.3 Å². The van der Waals surface area contributed by atoms with Crippen molar-refractivity contribution in [3.8, 4) is 5.75 Å². The predicted octanol–water partition coefficient (Wildman–Crippen LogP) is 3.61. The van der Waals surface area contributed by atoms with E-state index in [0.717, 1.165) is 50.3 Å². The molecule has 5 heteroatoms. The molecule has 0 N–H and O–H groups in total. The molecule has 1 saturated heterocycles. The average Bonchev–Trinajstić information content (AvgIpc) is 3.02. The first kappa shape index (κ1) is 15.7. The van der Waals surface area contributed by atoms with Crippen LogP contribution < -0.4 is 4.74 Å². The summed E-state index contributed by atoms with van der Waals surface area (Å²) in [6.07, 6.45) is 2.67. The molecular weight excluding hydrogens is 296 g/mol. The second kappa shape index (κ2) is 6.94. The number of hydrogen-bond donors (Lipinski definition) is 0. The molecule has 0 spiro atoms. The lowest BCUT2D eigenvalue weighted by atomic mass is 10.0. The van der Waals surface area contributed by atoms with E-state index in [2.05, 4.69) is 29.8 Å². The zero-order chi connectivity index (χ0) is 15.5. The Morgan fingerprint density at radius 3 is 2.82 bits per heavy atom. The van der Waals surface area contributed by atoms with Gasteiger partial charge in [-0.1, -0.05) is 0 Å². The fourth-order valence-electron chi connectivity index (χ4n) is 3.23. The van der Waals surface area contributed by atoms with Gasteiger partial charge in [-0.15, -0.1) is 11.3 Å². The smallest absolute Gasteiger partial charge is 0.125 e. The molecule has 2 aromatic rings. The van der Waals surface area contributed by atoms with Gasteiger partial charge in [-0.2, -0.15) is 0 Å². The van der Waals surface area contributed by atoms with E-state index in [9.17, 15) is 0 Å². The molecule has 0 saturated carbocycles. The summed E-state index contributed by atoms with van der Waals surface area (Å²) in [5.74, 6) is 0.987. The van der Waals surface area contributed by atoms with Crippen molar-refractivity contribution < 1.29 is 9.47 Å². The minimum Gasteiger partial charge on any atom is -0.496 e. The molecule has 0 unspecified atom stereocenters. The lowest BCUT2D eigenvalue weighted by molar-refractivity contribution is 0.0125. The number of nitrogens with zero attached hydrogens (tertiary/aromatic N) is 2. The number of rotatable bonds is 5. The maximum Gasteiger partial charge on any atom is 0.125 e. The SMILES string of the molecule is CCOC1CCN(Cc2c(OC)cc(C)c3ncsc23)CC1. The van der Waals surface area contributed by atoms with Gasteiger partial charge < -0.3 is 9.47 Å². The van der Waals surface area contributed by atoms with Crippen molar-refractivity contribution in [3.05, 3.63) is 22.7 Å². The standard InChI is InChI=1S/C17H24N2O2S/c1-4-21-13-5-7-19(8-6-13)10-14-15(20-3)9-12(2)16-17(14)22-11-18-16/h9,11,13H,4-8,10H2,1-3H3. The number of aromatic nitrogens is 1. The number of ether oxygens (including phenoxy) is 2. The number of hydrogen-bond acceptors (Lipinski definition) is 5. The molecule has 22 heavy (non-hydrogen) atoms. The first-order chi connectivity index (χ1) is 10.7. The number of thiazole rings is 1. The summed E-state index contributed by atoms with van der Waals surface area (Å²) < 4.78 is 12.6. The van der Waals surface area contributed by atoms with Crippen LogP contribution in [0.1, 0.15) is 30.9 Å². The number of likely N-dealkylation sites (tertiary alicyclic amines) is 1. The van der Waals surface area contributed by atoms with E-state index in [1.54, 1.807) is 18.4 Å². The monoisotopic (exact) mass is 320 g/mol. The van der Waals surface area contributed by atoms with Crippen molar-refractivity contribution in [2.24, 2.45) is 0 Å². The fraction of sp³-hybridized carbons (Fsp3) is 0.588. The van der Waals surface area contributed by atoms with Crippen LogP contribution in [0, 0.1) is 6.92 Å². The molecule has 0 aliphatic carbocycles. The molecule has 3 rings (SSSR count). The molecule has 0 bridgehead atoms. The second-order valence-corrected chi connectivity index (χ2v) is 6.69. The maximum atomic E-state index is 5.74. The molecule has 1 aliphatic rings. The Labute approximate surface area is 136 Å². The van der Waals surface area contributed by atoms with Gasteiger partial charge in [0, 0.05) is 31.8 Å². The van der Waals surface area contributed by atoms with Crippen molar-refractivity contribution in [1.82, 2.24) is 9.88 Å². The largest absolute Gasteiger partial charge is 0.496 e. The van der Waals surface area contributed by atoms with E-state index in [1.165, 1.54) is 15.8 Å². The Hall–Kier alpha value is -1.17. The third-order valence-electron chi connectivity index (χ3n) is 4.40. The Bertz CT molecular complexity index is 633. The van der Waals surface area contributed by atoms with Gasteiger partial charge in [0.15, 0.2) is 0 Å². The van der Waals surface area contributed by atoms with E-state index >= 15 is 0 Å². The van der Waals surface area contributed by atoms with Crippen molar-refractivity contribution in [1.29, 1.82) is 0 Å². The minimum absolute atomic E-state index is 0.435. The first-order valence-corrected chi connectivity index (χ1v) is 8.84. The highest BCUT2D eigenvalue weighted by Gasteiger charge is 2.22. The molecule has 1 aromatic heterocycles. The molecule has 1 fully saturated rings. The lowest BCUT2D eigenvalue weighted by Gasteiger charge is -2.32. The van der Waals surface area contributed by atoms with Gasteiger partial charge >= 0.3 is 0 Å². The van der Waals surface area contributed by atoms with Crippen LogP contribution in [0.15, 0.2) is 11.6 Å². The summed E-state index contributed by atoms with van der Waals surface area (Å²) in [5.41, 5.74) is 5.51. The van der Waals surface area contributed by atoms with Crippen LogP contribution in [0.4, 0.5) is 0 Å². The summed E-state index contributed by atoms with van der Waals surface area (Å²) in [7, 11) is 1.76. The highest BCUT2D eigenvalue weighted by molar-refractivity contribution is 7.17. The average molecular weight is 320 g/mol.